The van der Waals surface area contributed by atoms with E-state index in [0.29, 0.717) is 6.01 Å². The minimum Gasteiger partial charge on any atom is -0.467 e. The zero-order valence-electron chi connectivity index (χ0n) is 18.4. The van der Waals surface area contributed by atoms with E-state index in [2.05, 4.69) is 51.5 Å². The van der Waals surface area contributed by atoms with Gasteiger partial charge >= 0.3 is 119 Å². The maximum Gasteiger partial charge on any atom is 0.316 e. The molecule has 2 amide bonds. The fourth-order valence-corrected chi connectivity index (χ4v) is 2.61. The number of halogens is 3. The molecule has 0 saturated heterocycles. The number of alkyl halides is 3. The van der Waals surface area contributed by atoms with Crippen molar-refractivity contribution in [1.29, 1.82) is 0 Å². The molecule has 35 heavy (non-hydrogen) atoms. The number of methoxy groups -OCH3 is 1. The van der Waals surface area contributed by atoms with Crippen LogP contribution >= 0.6 is 0 Å². The number of benzene rings is 1. The number of amides is 2. The van der Waals surface area contributed by atoms with E-state index in [1.807, 2.05) is 24.4 Å². The number of aryl methyl sites for hydroxylation is 1. The summed E-state index contributed by atoms with van der Waals surface area (Å²) in [7, 11) is 1.55. The van der Waals surface area contributed by atoms with Gasteiger partial charge in [0.25, 0.3) is 0 Å². The van der Waals surface area contributed by atoms with Gasteiger partial charge in [0.1, 0.15) is 0 Å². The molecule has 0 fully saturated rings. The number of rotatable bonds is 6. The van der Waals surface area contributed by atoms with Gasteiger partial charge in [0.2, 0.25) is 0 Å². The molecule has 0 aliphatic carbocycles. The van der Waals surface area contributed by atoms with Crippen LogP contribution in [0.15, 0.2) is 58.9 Å². The Hall–Kier alpha value is -3.99. The molecule has 0 radical (unpaired) electrons. The number of nitrogens with one attached hydrogen (secondary N) is 2. The predicted molar refractivity (Wildman–Crippen MR) is 116 cm³/mol. The molecule has 9 nitrogen and oxygen atoms in total. The van der Waals surface area contributed by atoms with Crippen LogP contribution in [-0.4, -0.2) is 28.1 Å². The fraction of sp³-hybridized carbons (Fsp3) is 0.136. The Balaban J connectivity index is 0.000000250. The van der Waals surface area contributed by atoms with Crippen LogP contribution in [-0.2, 0) is 26.3 Å². The van der Waals surface area contributed by atoms with Gasteiger partial charge in [-0.3, -0.25) is 4.98 Å². The zero-order valence-corrected chi connectivity index (χ0v) is 19.4. The van der Waals surface area contributed by atoms with E-state index in [-0.39, 0.29) is 5.69 Å². The van der Waals surface area contributed by atoms with Crippen molar-refractivity contribution in [2.24, 2.45) is 4.19 Å². The van der Waals surface area contributed by atoms with Crippen LogP contribution in [0.4, 0.5) is 23.7 Å². The number of hydrogen-bond donors (Lipinski definition) is 2. The van der Waals surface area contributed by atoms with Crippen molar-refractivity contribution in [1.82, 2.24) is 20.3 Å². The predicted octanol–water partition coefficient (Wildman–Crippen LogP) is 4.80. The van der Waals surface area contributed by atoms with Crippen molar-refractivity contribution >= 4 is 11.7 Å². The van der Waals surface area contributed by atoms with Crippen molar-refractivity contribution in [3.8, 4) is 17.1 Å². The summed E-state index contributed by atoms with van der Waals surface area (Å²) in [5.74, 6) is -0.490. The molecular formula is C22H19F3N6NiO3-2. The maximum absolute atomic E-state index is 12.4. The Morgan fingerprint density at radius 2 is 1.94 bits per heavy atom. The largest absolute Gasteiger partial charge is 0.467 e. The standard InChI is InChI=1S/C12H12N3O.C10H7F3N3O2.Ni/c1-8-4-5-10(6-13-8)11-7-14-12(16-3)15-9(11)2;1-6(18-14)15-9(17)16-8-4-2-3-7(5-8)10(11,12)13;/h4-7H,1H2,2-3H3;1-5H,(H2,15,16,17);/q2*-1;. The number of carbonyl (C=O) groups is 1. The average Bonchev–Trinajstić information content (AvgIpc) is 2.80. The van der Waals surface area contributed by atoms with Gasteiger partial charge in [0, 0.05) is 18.0 Å². The maximum atomic E-state index is 12.4. The minimum atomic E-state index is -4.50. The first kappa shape index (κ1) is 27.3. The monoisotopic (exact) mass is 530 g/mol. The first-order chi connectivity index (χ1) is 16.5. The van der Waals surface area contributed by atoms with E-state index >= 15 is 0 Å². The molecule has 3 aromatic rings. The molecule has 3 rings (SSSR count). The molecule has 13 heteroatoms. The van der Waals surface area contributed by atoms with Gasteiger partial charge in [-0.05, 0) is 12.5 Å². The number of anilines is 1. The average molecular weight is 531 g/mol. The molecule has 0 aliphatic rings. The van der Waals surface area contributed by atoms with Crippen LogP contribution in [0.2, 0.25) is 0 Å². The number of urea groups is 1. The normalized spacial score (nSPS) is 10.4. The van der Waals surface area contributed by atoms with Gasteiger partial charge in [-0.1, -0.05) is 0 Å². The Morgan fingerprint density at radius 3 is 2.51 bits per heavy atom. The van der Waals surface area contributed by atoms with Crippen molar-refractivity contribution in [3.05, 3.63) is 85.1 Å². The van der Waals surface area contributed by atoms with Crippen LogP contribution in [0.5, 0.6) is 6.01 Å². The van der Waals surface area contributed by atoms with Crippen LogP contribution in [0, 0.1) is 20.4 Å². The quantitative estimate of drug-likeness (QED) is 0.205. The molecule has 0 spiro atoms. The van der Waals surface area contributed by atoms with Crippen molar-refractivity contribution in [2.45, 2.75) is 13.1 Å². The van der Waals surface area contributed by atoms with Crippen LogP contribution in [0.1, 0.15) is 17.0 Å². The Bertz CT molecular complexity index is 1190. The summed E-state index contributed by atoms with van der Waals surface area (Å²) in [4.78, 5) is 28.0. The fourth-order valence-electron chi connectivity index (χ4n) is 2.51. The summed E-state index contributed by atoms with van der Waals surface area (Å²) in [5.41, 5.74) is 2.60. The van der Waals surface area contributed by atoms with Gasteiger partial charge in [0.15, 0.2) is 0 Å². The van der Waals surface area contributed by atoms with Gasteiger partial charge in [-0.15, -0.1) is 11.8 Å². The zero-order chi connectivity index (χ0) is 26.0. The first-order valence-corrected chi connectivity index (χ1v) is 9.97. The second-order valence-corrected chi connectivity index (χ2v) is 6.75. The second kappa shape index (κ2) is 12.5. The Kier molecular flexibility index (Phi) is 9.71. The third kappa shape index (κ3) is 8.71. The number of nitrogens with zero attached hydrogens (tertiary/aromatic N) is 4. The smallest absolute Gasteiger partial charge is 0.316 e. The summed E-state index contributed by atoms with van der Waals surface area (Å²) < 4.78 is 45.0. The second-order valence-electron chi connectivity index (χ2n) is 6.56. The SMILES string of the molecule is [CH-]=C(NC(=O)Nc1cccc(C(F)(F)F)c1)O[N]=[Ni].[CH2-]c1ccc(-c2cnc(OC)nc2C)cn1. The Labute approximate surface area is 206 Å². The molecule has 1 aromatic carbocycles. The molecule has 0 bridgehead atoms. The first-order valence-electron chi connectivity index (χ1n) is 9.52. The molecule has 0 saturated carbocycles. The molecule has 188 valence electrons. The third-order valence-electron chi connectivity index (χ3n) is 4.09. The molecule has 2 N–H and O–H groups in total. The van der Waals surface area contributed by atoms with Crippen molar-refractivity contribution in [2.75, 3.05) is 12.4 Å². The number of pyridine rings is 1. The molecular weight excluding hydrogens is 512 g/mol. The van der Waals surface area contributed by atoms with Crippen LogP contribution in [0.3, 0.4) is 0 Å². The molecule has 0 unspecified atom stereocenters. The molecule has 2 heterocycles. The van der Waals surface area contributed by atoms with Crippen molar-refractivity contribution in [3.63, 3.8) is 0 Å². The topological polar surface area (TPSA) is 111 Å². The number of aromatic nitrogens is 3. The van der Waals surface area contributed by atoms with E-state index in [0.717, 1.165) is 40.7 Å². The molecule has 0 aliphatic heterocycles. The van der Waals surface area contributed by atoms with E-state index in [1.165, 1.54) is 6.07 Å². The van der Waals surface area contributed by atoms with Gasteiger partial charge in [-0.25, -0.2) is 11.9 Å². The summed E-state index contributed by atoms with van der Waals surface area (Å²) in [5, 5.41) is 4.12. The van der Waals surface area contributed by atoms with Gasteiger partial charge in [-0.2, -0.15) is 11.1 Å². The van der Waals surface area contributed by atoms with E-state index in [4.69, 9.17) is 11.3 Å². The van der Waals surface area contributed by atoms with Crippen LogP contribution in [0.25, 0.3) is 11.1 Å². The molecule has 0 atom stereocenters. The third-order valence-corrected chi connectivity index (χ3v) is 4.18. The summed E-state index contributed by atoms with van der Waals surface area (Å²) in [6, 6.07) is 7.39. The van der Waals surface area contributed by atoms with E-state index in [9.17, 15) is 18.0 Å². The summed E-state index contributed by atoms with van der Waals surface area (Å²) in [6.07, 6.45) is -0.994. The van der Waals surface area contributed by atoms with E-state index in [1.54, 1.807) is 19.5 Å². The minimum absolute atomic E-state index is 0.0572. The summed E-state index contributed by atoms with van der Waals surface area (Å²) >= 11 is 3.80. The molecule has 2 aromatic heterocycles. The number of hydrogen-bond acceptors (Lipinski definition) is 7. The van der Waals surface area contributed by atoms with Crippen LogP contribution < -0.4 is 15.4 Å². The summed E-state index contributed by atoms with van der Waals surface area (Å²) in [6.45, 7) is 10.8. The van der Waals surface area contributed by atoms with Gasteiger partial charge in [0.05, 0.1) is 12.8 Å². The number of carbonyl (C=O) groups excluding carboxylic acids is 1. The van der Waals surface area contributed by atoms with E-state index < -0.39 is 23.7 Å². The van der Waals surface area contributed by atoms with Crippen molar-refractivity contribution < 1.29 is 42.8 Å². The number of ether oxygens (including phenoxy) is 1. The Morgan fingerprint density at radius 1 is 1.20 bits per heavy atom. The van der Waals surface area contributed by atoms with Gasteiger partial charge < -0.3 is 4.74 Å².